The van der Waals surface area contributed by atoms with E-state index in [1.54, 1.807) is 28.2 Å². The molecule has 0 bridgehead atoms. The van der Waals surface area contributed by atoms with E-state index in [1.165, 1.54) is 19.3 Å². The van der Waals surface area contributed by atoms with Gasteiger partial charge in [0.15, 0.2) is 5.65 Å². The maximum atomic E-state index is 12.6. The highest BCUT2D eigenvalue weighted by Gasteiger charge is 2.20. The van der Waals surface area contributed by atoms with Crippen molar-refractivity contribution in [1.29, 1.82) is 0 Å². The van der Waals surface area contributed by atoms with E-state index < -0.39 is 0 Å². The monoisotopic (exact) mass is 326 g/mol. The lowest BCUT2D eigenvalue weighted by Gasteiger charge is -2.22. The molecule has 1 fully saturated rings. The first-order chi connectivity index (χ1) is 11.3. The number of carbonyl (C=O) groups is 1. The third-order valence-electron chi connectivity index (χ3n) is 4.36. The first-order valence-electron chi connectivity index (χ1n) is 8.00. The minimum atomic E-state index is -0.0669. The van der Waals surface area contributed by atoms with Crippen LogP contribution in [-0.2, 0) is 0 Å². The lowest BCUT2D eigenvalue weighted by Crippen LogP contribution is -2.36. The fourth-order valence-electron chi connectivity index (χ4n) is 3.17. The van der Waals surface area contributed by atoms with Crippen LogP contribution in [-0.4, -0.2) is 26.5 Å². The molecule has 1 amide bonds. The molecule has 3 heterocycles. The Hall–Kier alpha value is -2.21. The lowest BCUT2D eigenvalue weighted by molar-refractivity contribution is 0.0929. The van der Waals surface area contributed by atoms with E-state index in [9.17, 15) is 4.79 Å². The molecule has 0 saturated heterocycles. The highest BCUT2D eigenvalue weighted by Crippen LogP contribution is 2.25. The van der Waals surface area contributed by atoms with E-state index in [0.717, 1.165) is 23.4 Å². The first-order valence-corrected chi connectivity index (χ1v) is 8.88. The van der Waals surface area contributed by atoms with Crippen LogP contribution >= 0.6 is 11.3 Å². The second-order valence-electron chi connectivity index (χ2n) is 5.91. The average Bonchev–Trinajstić information content (AvgIpc) is 3.25. The molecule has 1 saturated carbocycles. The molecule has 4 rings (SSSR count). The molecule has 23 heavy (non-hydrogen) atoms. The Kier molecular flexibility index (Phi) is 3.83. The third-order valence-corrected chi connectivity index (χ3v) is 5.25. The molecule has 1 N–H and O–H groups in total. The van der Waals surface area contributed by atoms with Gasteiger partial charge >= 0.3 is 0 Å². The standard InChI is InChI=1S/C17H18N4OS/c22-17(20-12-5-2-1-3-6-12)13-11-19-21-14(8-9-18-16(13)21)15-7-4-10-23-15/h4,7-12H,1-3,5-6H2,(H,20,22). The molecule has 0 atom stereocenters. The van der Waals surface area contributed by atoms with Crippen LogP contribution in [0.5, 0.6) is 0 Å². The molecule has 0 radical (unpaired) electrons. The predicted molar refractivity (Wildman–Crippen MR) is 90.6 cm³/mol. The Labute approximate surface area is 138 Å². The zero-order valence-corrected chi connectivity index (χ0v) is 13.6. The van der Waals surface area contributed by atoms with Crippen molar-refractivity contribution in [2.45, 2.75) is 38.1 Å². The Morgan fingerprint density at radius 2 is 2.13 bits per heavy atom. The number of carbonyl (C=O) groups excluding carboxylic acids is 1. The number of thiophene rings is 1. The molecule has 0 unspecified atom stereocenters. The maximum Gasteiger partial charge on any atom is 0.256 e. The normalized spacial score (nSPS) is 15.8. The van der Waals surface area contributed by atoms with E-state index in [0.29, 0.717) is 11.2 Å². The summed E-state index contributed by atoms with van der Waals surface area (Å²) in [6.07, 6.45) is 9.16. The minimum Gasteiger partial charge on any atom is -0.349 e. The molecule has 6 heteroatoms. The molecular formula is C17H18N4OS. The molecule has 3 aromatic rings. The van der Waals surface area contributed by atoms with Gasteiger partial charge in [-0.15, -0.1) is 11.3 Å². The Bertz CT molecular complexity index is 818. The van der Waals surface area contributed by atoms with Crippen LogP contribution < -0.4 is 5.32 Å². The molecule has 0 spiro atoms. The molecular weight excluding hydrogens is 308 g/mol. The van der Waals surface area contributed by atoms with Crippen LogP contribution in [0.3, 0.4) is 0 Å². The Morgan fingerprint density at radius 1 is 1.26 bits per heavy atom. The Morgan fingerprint density at radius 3 is 2.91 bits per heavy atom. The highest BCUT2D eigenvalue weighted by molar-refractivity contribution is 7.13. The van der Waals surface area contributed by atoms with Crippen LogP contribution in [0.15, 0.2) is 36.0 Å². The average molecular weight is 326 g/mol. The van der Waals surface area contributed by atoms with Gasteiger partial charge in [-0.05, 0) is 30.4 Å². The number of fused-ring (bicyclic) bond motifs is 1. The molecule has 5 nitrogen and oxygen atoms in total. The van der Waals surface area contributed by atoms with Gasteiger partial charge in [0.25, 0.3) is 5.91 Å². The second kappa shape index (κ2) is 6.12. The van der Waals surface area contributed by atoms with Crippen LogP contribution in [0.1, 0.15) is 42.5 Å². The van der Waals surface area contributed by atoms with Crippen LogP contribution in [0, 0.1) is 0 Å². The zero-order valence-electron chi connectivity index (χ0n) is 12.7. The number of amides is 1. The van der Waals surface area contributed by atoms with Gasteiger partial charge in [0, 0.05) is 12.2 Å². The van der Waals surface area contributed by atoms with E-state index in [2.05, 4.69) is 15.4 Å². The van der Waals surface area contributed by atoms with Crippen molar-refractivity contribution in [2.24, 2.45) is 0 Å². The van der Waals surface area contributed by atoms with Gasteiger partial charge in [0.05, 0.1) is 16.8 Å². The number of aromatic nitrogens is 3. The molecule has 3 aromatic heterocycles. The molecule has 1 aliphatic rings. The largest absolute Gasteiger partial charge is 0.349 e. The fraction of sp³-hybridized carbons (Fsp3) is 0.353. The van der Waals surface area contributed by atoms with Crippen molar-refractivity contribution in [3.8, 4) is 10.6 Å². The predicted octanol–water partition coefficient (Wildman–Crippen LogP) is 3.52. The van der Waals surface area contributed by atoms with Gasteiger partial charge in [-0.2, -0.15) is 5.10 Å². The van der Waals surface area contributed by atoms with Gasteiger partial charge in [-0.3, -0.25) is 4.79 Å². The van der Waals surface area contributed by atoms with Gasteiger partial charge in [-0.25, -0.2) is 9.50 Å². The van der Waals surface area contributed by atoms with E-state index >= 15 is 0 Å². The minimum absolute atomic E-state index is 0.0669. The van der Waals surface area contributed by atoms with Gasteiger partial charge in [-0.1, -0.05) is 25.3 Å². The fourth-order valence-corrected chi connectivity index (χ4v) is 3.91. The molecule has 0 aliphatic heterocycles. The van der Waals surface area contributed by atoms with Crippen LogP contribution in [0.4, 0.5) is 0 Å². The van der Waals surface area contributed by atoms with Crippen molar-refractivity contribution in [1.82, 2.24) is 19.9 Å². The maximum absolute atomic E-state index is 12.6. The van der Waals surface area contributed by atoms with Crippen molar-refractivity contribution in [3.05, 3.63) is 41.5 Å². The number of rotatable bonds is 3. The van der Waals surface area contributed by atoms with Crippen molar-refractivity contribution in [3.63, 3.8) is 0 Å². The van der Waals surface area contributed by atoms with Crippen LogP contribution in [0.25, 0.3) is 16.2 Å². The van der Waals surface area contributed by atoms with E-state index in [-0.39, 0.29) is 11.9 Å². The van der Waals surface area contributed by atoms with Gasteiger partial charge in [0.2, 0.25) is 0 Å². The topological polar surface area (TPSA) is 59.3 Å². The second-order valence-corrected chi connectivity index (χ2v) is 6.86. The number of hydrogen-bond acceptors (Lipinski definition) is 4. The SMILES string of the molecule is O=C(NC1CCCCC1)c1cnn2c(-c3cccs3)ccnc12. The summed E-state index contributed by atoms with van der Waals surface area (Å²) >= 11 is 1.65. The smallest absolute Gasteiger partial charge is 0.256 e. The van der Waals surface area contributed by atoms with Crippen molar-refractivity contribution < 1.29 is 4.79 Å². The summed E-state index contributed by atoms with van der Waals surface area (Å²) in [5.74, 6) is -0.0669. The van der Waals surface area contributed by atoms with Gasteiger partial charge < -0.3 is 5.32 Å². The van der Waals surface area contributed by atoms with Gasteiger partial charge in [0.1, 0.15) is 5.56 Å². The number of hydrogen-bond donors (Lipinski definition) is 1. The first kappa shape index (κ1) is 14.4. The summed E-state index contributed by atoms with van der Waals surface area (Å²) in [6, 6.07) is 6.26. The summed E-state index contributed by atoms with van der Waals surface area (Å²) in [7, 11) is 0. The molecule has 1 aliphatic carbocycles. The number of nitrogens with zero attached hydrogens (tertiary/aromatic N) is 3. The zero-order chi connectivity index (χ0) is 15.6. The molecule has 0 aromatic carbocycles. The summed E-state index contributed by atoms with van der Waals surface area (Å²) in [4.78, 5) is 18.1. The van der Waals surface area contributed by atoms with Crippen molar-refractivity contribution in [2.75, 3.05) is 0 Å². The summed E-state index contributed by atoms with van der Waals surface area (Å²) in [5.41, 5.74) is 2.12. The van der Waals surface area contributed by atoms with E-state index in [4.69, 9.17) is 0 Å². The lowest BCUT2D eigenvalue weighted by atomic mass is 9.95. The Balaban J connectivity index is 1.66. The molecule has 118 valence electrons. The quantitative estimate of drug-likeness (QED) is 0.801. The van der Waals surface area contributed by atoms with E-state index in [1.807, 2.05) is 23.6 Å². The highest BCUT2D eigenvalue weighted by atomic mass is 32.1. The van der Waals surface area contributed by atoms with Crippen LogP contribution in [0.2, 0.25) is 0 Å². The third kappa shape index (κ3) is 2.74. The summed E-state index contributed by atoms with van der Waals surface area (Å²) in [5, 5.41) is 9.56. The number of nitrogens with one attached hydrogen (secondary N) is 1. The summed E-state index contributed by atoms with van der Waals surface area (Å²) < 4.78 is 1.75. The van der Waals surface area contributed by atoms with Crippen molar-refractivity contribution >= 4 is 22.9 Å². The summed E-state index contributed by atoms with van der Waals surface area (Å²) in [6.45, 7) is 0.